The number of hydrogen-bond donors (Lipinski definition) is 0. The lowest BCUT2D eigenvalue weighted by atomic mass is 10.3. The first kappa shape index (κ1) is 10.1. The first-order valence-electron chi connectivity index (χ1n) is 4.40. The molecule has 4 nitrogen and oxygen atoms in total. The minimum Gasteiger partial charge on any atom is -0.465 e. The molecule has 0 aromatic rings. The largest absolute Gasteiger partial charge is 0.465 e. The number of carbonyl (C=O) groups excluding carboxylic acids is 1. The van der Waals surface area contributed by atoms with E-state index in [1.54, 1.807) is 6.92 Å². The fraction of sp³-hybridized carbons (Fsp3) is 0.667. The molecule has 0 unspecified atom stereocenters. The first-order valence-corrected chi connectivity index (χ1v) is 4.40. The maximum atomic E-state index is 11.1. The van der Waals surface area contributed by atoms with Crippen molar-refractivity contribution in [2.24, 2.45) is 0 Å². The van der Waals surface area contributed by atoms with Gasteiger partial charge < -0.3 is 14.4 Å². The molecule has 1 aliphatic rings. The average Bonchev–Trinajstić information content (AvgIpc) is 2.09. The summed E-state index contributed by atoms with van der Waals surface area (Å²) in [5.41, 5.74) is 0.847. The summed E-state index contributed by atoms with van der Waals surface area (Å²) in [5, 5.41) is 0. The number of rotatable bonds is 3. The highest BCUT2D eigenvalue weighted by Gasteiger charge is 2.16. The molecular weight excluding hydrogens is 170 g/mol. The standard InChI is InChI=1S/C9H15NO3/c1-3-13-9(11)6-10-4-5-12-7-8(10)2/h2-7H2,1H3. The van der Waals surface area contributed by atoms with E-state index in [1.807, 2.05) is 4.90 Å². The lowest BCUT2D eigenvalue weighted by Crippen LogP contribution is -2.38. The van der Waals surface area contributed by atoms with E-state index in [9.17, 15) is 4.79 Å². The zero-order valence-corrected chi connectivity index (χ0v) is 7.91. The number of esters is 1. The van der Waals surface area contributed by atoms with Crippen molar-refractivity contribution >= 4 is 5.97 Å². The predicted molar refractivity (Wildman–Crippen MR) is 48.2 cm³/mol. The van der Waals surface area contributed by atoms with Crippen molar-refractivity contribution in [2.45, 2.75) is 6.92 Å². The maximum Gasteiger partial charge on any atom is 0.325 e. The Morgan fingerprint density at radius 3 is 3.15 bits per heavy atom. The van der Waals surface area contributed by atoms with Crippen molar-refractivity contribution in [3.8, 4) is 0 Å². The van der Waals surface area contributed by atoms with Gasteiger partial charge in [-0.1, -0.05) is 6.58 Å². The number of morpholine rings is 1. The van der Waals surface area contributed by atoms with E-state index in [0.29, 0.717) is 19.8 Å². The molecule has 1 rings (SSSR count). The van der Waals surface area contributed by atoms with Gasteiger partial charge in [-0.15, -0.1) is 0 Å². The van der Waals surface area contributed by atoms with Crippen molar-refractivity contribution < 1.29 is 14.3 Å². The maximum absolute atomic E-state index is 11.1. The fourth-order valence-corrected chi connectivity index (χ4v) is 1.17. The lowest BCUT2D eigenvalue weighted by Gasteiger charge is -2.29. The van der Waals surface area contributed by atoms with Gasteiger partial charge in [-0.25, -0.2) is 0 Å². The molecule has 4 heteroatoms. The molecule has 0 aromatic heterocycles. The van der Waals surface area contributed by atoms with Gasteiger partial charge >= 0.3 is 5.97 Å². The van der Waals surface area contributed by atoms with Gasteiger partial charge in [0.15, 0.2) is 0 Å². The summed E-state index contributed by atoms with van der Waals surface area (Å²) in [4.78, 5) is 13.0. The van der Waals surface area contributed by atoms with Crippen LogP contribution in [-0.2, 0) is 14.3 Å². The van der Waals surface area contributed by atoms with Crippen LogP contribution < -0.4 is 0 Å². The third kappa shape index (κ3) is 3.06. The number of carbonyl (C=O) groups is 1. The Balaban J connectivity index is 2.33. The minimum absolute atomic E-state index is 0.203. The van der Waals surface area contributed by atoms with Crippen LogP contribution in [0.25, 0.3) is 0 Å². The van der Waals surface area contributed by atoms with Gasteiger partial charge in [0.25, 0.3) is 0 Å². The van der Waals surface area contributed by atoms with E-state index >= 15 is 0 Å². The van der Waals surface area contributed by atoms with Crippen LogP contribution >= 0.6 is 0 Å². The van der Waals surface area contributed by atoms with E-state index < -0.39 is 0 Å². The van der Waals surface area contributed by atoms with Gasteiger partial charge in [0.2, 0.25) is 0 Å². The van der Waals surface area contributed by atoms with Gasteiger partial charge in [0.1, 0.15) is 6.54 Å². The second-order valence-corrected chi connectivity index (χ2v) is 2.85. The van der Waals surface area contributed by atoms with Crippen LogP contribution in [-0.4, -0.2) is 43.8 Å². The van der Waals surface area contributed by atoms with Crippen molar-refractivity contribution in [3.05, 3.63) is 12.3 Å². The van der Waals surface area contributed by atoms with Crippen LogP contribution in [0.1, 0.15) is 6.92 Å². The molecule has 1 aliphatic heterocycles. The summed E-state index contributed by atoms with van der Waals surface area (Å²) < 4.78 is 9.99. The number of hydrogen-bond acceptors (Lipinski definition) is 4. The lowest BCUT2D eigenvalue weighted by molar-refractivity contribution is -0.144. The average molecular weight is 185 g/mol. The fourth-order valence-electron chi connectivity index (χ4n) is 1.17. The molecule has 13 heavy (non-hydrogen) atoms. The summed E-state index contributed by atoms with van der Waals surface area (Å²) in [5.74, 6) is -0.203. The third-order valence-electron chi connectivity index (χ3n) is 1.85. The van der Waals surface area contributed by atoms with Crippen molar-refractivity contribution in [1.82, 2.24) is 4.90 Å². The zero-order chi connectivity index (χ0) is 9.68. The Kier molecular flexibility index (Phi) is 3.76. The topological polar surface area (TPSA) is 38.8 Å². The Morgan fingerprint density at radius 1 is 1.77 bits per heavy atom. The van der Waals surface area contributed by atoms with Crippen LogP contribution in [0.5, 0.6) is 0 Å². The van der Waals surface area contributed by atoms with Gasteiger partial charge in [-0.05, 0) is 6.92 Å². The molecule has 0 N–H and O–H groups in total. The normalized spacial score (nSPS) is 17.3. The quantitative estimate of drug-likeness (QED) is 0.596. The highest BCUT2D eigenvalue weighted by Crippen LogP contribution is 2.07. The molecule has 0 spiro atoms. The van der Waals surface area contributed by atoms with E-state index in [2.05, 4.69) is 6.58 Å². The summed E-state index contributed by atoms with van der Waals surface area (Å²) >= 11 is 0. The monoisotopic (exact) mass is 185 g/mol. The minimum atomic E-state index is -0.203. The molecule has 74 valence electrons. The molecule has 0 aromatic carbocycles. The van der Waals surface area contributed by atoms with Crippen LogP contribution in [0.4, 0.5) is 0 Å². The van der Waals surface area contributed by atoms with Gasteiger partial charge in [0.05, 0.1) is 19.8 Å². The zero-order valence-electron chi connectivity index (χ0n) is 7.91. The molecule has 1 fully saturated rings. The highest BCUT2D eigenvalue weighted by molar-refractivity contribution is 5.71. The molecule has 0 amide bonds. The van der Waals surface area contributed by atoms with Gasteiger partial charge in [-0.3, -0.25) is 4.79 Å². The van der Waals surface area contributed by atoms with Gasteiger partial charge in [0, 0.05) is 12.2 Å². The second kappa shape index (κ2) is 4.87. The Bertz CT molecular complexity index is 203. The SMILES string of the molecule is C=C1COCCN1CC(=O)OCC. The Morgan fingerprint density at radius 2 is 2.54 bits per heavy atom. The van der Waals surface area contributed by atoms with E-state index in [4.69, 9.17) is 9.47 Å². The van der Waals surface area contributed by atoms with Crippen LogP contribution in [0.15, 0.2) is 12.3 Å². The molecule has 0 aliphatic carbocycles. The Labute approximate surface area is 78.1 Å². The summed E-state index contributed by atoms with van der Waals surface area (Å²) in [7, 11) is 0. The predicted octanol–water partition coefficient (Wildman–Crippen LogP) is 0.395. The number of nitrogens with zero attached hydrogens (tertiary/aromatic N) is 1. The molecule has 0 atom stereocenters. The number of ether oxygens (including phenoxy) is 2. The molecule has 1 saturated heterocycles. The molecule has 1 heterocycles. The molecular formula is C9H15NO3. The van der Waals surface area contributed by atoms with Crippen molar-refractivity contribution in [3.63, 3.8) is 0 Å². The first-order chi connectivity index (χ1) is 6.24. The van der Waals surface area contributed by atoms with Crippen molar-refractivity contribution in [1.29, 1.82) is 0 Å². The second-order valence-electron chi connectivity index (χ2n) is 2.85. The molecule has 0 saturated carbocycles. The Hall–Kier alpha value is -1.03. The third-order valence-corrected chi connectivity index (χ3v) is 1.85. The van der Waals surface area contributed by atoms with Gasteiger partial charge in [-0.2, -0.15) is 0 Å². The van der Waals surface area contributed by atoms with E-state index in [-0.39, 0.29) is 12.5 Å². The summed E-state index contributed by atoms with van der Waals surface area (Å²) in [6, 6.07) is 0. The summed E-state index contributed by atoms with van der Waals surface area (Å²) in [6.45, 7) is 8.20. The smallest absolute Gasteiger partial charge is 0.325 e. The van der Waals surface area contributed by atoms with Crippen LogP contribution in [0, 0.1) is 0 Å². The van der Waals surface area contributed by atoms with Crippen LogP contribution in [0.3, 0.4) is 0 Å². The molecule has 0 bridgehead atoms. The van der Waals surface area contributed by atoms with E-state index in [1.165, 1.54) is 0 Å². The van der Waals surface area contributed by atoms with Crippen LogP contribution in [0.2, 0.25) is 0 Å². The van der Waals surface area contributed by atoms with E-state index in [0.717, 1.165) is 12.2 Å². The summed E-state index contributed by atoms with van der Waals surface area (Å²) in [6.07, 6.45) is 0. The molecule has 0 radical (unpaired) electrons. The van der Waals surface area contributed by atoms with Crippen molar-refractivity contribution in [2.75, 3.05) is 32.9 Å². The highest BCUT2D eigenvalue weighted by atomic mass is 16.5.